The highest BCUT2D eigenvalue weighted by Crippen LogP contribution is 2.43. The first kappa shape index (κ1) is 20.3. The molecule has 1 aromatic heterocycles. The van der Waals surface area contributed by atoms with Gasteiger partial charge >= 0.3 is 0 Å². The first-order chi connectivity index (χ1) is 13.5. The lowest BCUT2D eigenvalue weighted by Gasteiger charge is -2.46. The van der Waals surface area contributed by atoms with Crippen LogP contribution in [0.25, 0.3) is 11.1 Å². The minimum atomic E-state index is 0.326. The Balaban J connectivity index is 1.24. The summed E-state index contributed by atoms with van der Waals surface area (Å²) in [7, 11) is 3.35. The van der Waals surface area contributed by atoms with Crippen LogP contribution in [-0.4, -0.2) is 18.7 Å². The molecule has 4 rings (SSSR count). The monoisotopic (exact) mass is 431 g/mol. The molecule has 2 bridgehead atoms. The molecule has 28 heavy (non-hydrogen) atoms. The number of hydrogen-bond donors (Lipinski definition) is 1. The quantitative estimate of drug-likeness (QED) is 0.219. The molecule has 0 amide bonds. The van der Waals surface area contributed by atoms with Crippen molar-refractivity contribution in [2.45, 2.75) is 51.5 Å². The summed E-state index contributed by atoms with van der Waals surface area (Å²) in [5, 5.41) is 6.05. The fourth-order valence-corrected chi connectivity index (χ4v) is 7.47. The molecular weight excluding hydrogens is 402 g/mol. The van der Waals surface area contributed by atoms with E-state index >= 15 is 0 Å². The third kappa shape index (κ3) is 4.76. The van der Waals surface area contributed by atoms with Gasteiger partial charge in [-0.3, -0.25) is 0 Å². The van der Waals surface area contributed by atoms with Crippen LogP contribution in [0.1, 0.15) is 46.0 Å². The maximum atomic E-state index is 5.97. The molecule has 2 nitrogen and oxygen atoms in total. The van der Waals surface area contributed by atoms with Crippen LogP contribution in [0.4, 0.5) is 0 Å². The molecule has 5 heteroatoms. The standard InChI is InChI=1S/C23H29NOS3/c1-16-10-18-11-17(2)13-23(12-16,14-18)24-8-3-9-25-20-6-4-19(5-7-20)21-15-27-28-22(21)26/h4-7,10,15-17,24H,3,8-9,11-14H2,1-2H3. The summed E-state index contributed by atoms with van der Waals surface area (Å²) in [6, 6.07) is 8.33. The summed E-state index contributed by atoms with van der Waals surface area (Å²) < 4.78 is 6.94. The zero-order valence-corrected chi connectivity index (χ0v) is 19.2. The molecule has 1 saturated carbocycles. The molecule has 3 atom stereocenters. The second-order valence-corrected chi connectivity index (χ2v) is 11.4. The summed E-state index contributed by atoms with van der Waals surface area (Å²) in [5.41, 5.74) is 4.34. The third-order valence-electron chi connectivity index (χ3n) is 5.91. The van der Waals surface area contributed by atoms with Crippen molar-refractivity contribution >= 4 is 32.9 Å². The number of rotatable bonds is 7. The lowest BCUT2D eigenvalue weighted by atomic mass is 9.66. The van der Waals surface area contributed by atoms with E-state index in [-0.39, 0.29) is 0 Å². The van der Waals surface area contributed by atoms with Crippen LogP contribution in [0.5, 0.6) is 5.75 Å². The van der Waals surface area contributed by atoms with E-state index < -0.39 is 0 Å². The number of allylic oxidation sites excluding steroid dienone is 1. The van der Waals surface area contributed by atoms with Gasteiger partial charge in [-0.1, -0.05) is 70.5 Å². The molecule has 150 valence electrons. The Bertz CT molecular complexity index is 882. The maximum absolute atomic E-state index is 5.97. The van der Waals surface area contributed by atoms with Gasteiger partial charge in [0.2, 0.25) is 0 Å². The van der Waals surface area contributed by atoms with Gasteiger partial charge in [0.1, 0.15) is 9.57 Å². The lowest BCUT2D eigenvalue weighted by molar-refractivity contribution is 0.175. The Morgan fingerprint density at radius 1 is 1.21 bits per heavy atom. The molecule has 0 radical (unpaired) electrons. The number of benzene rings is 1. The van der Waals surface area contributed by atoms with Crippen LogP contribution in [0, 0.1) is 15.7 Å². The highest BCUT2D eigenvalue weighted by Gasteiger charge is 2.39. The number of nitrogens with one attached hydrogen (secondary N) is 1. The van der Waals surface area contributed by atoms with Gasteiger partial charge in [-0.05, 0) is 68.2 Å². The Kier molecular flexibility index (Phi) is 6.36. The SMILES string of the molecule is CC1C=C2CC(C)CC(NCCCOc3ccc(-c4cssc4=S)cc3)(C2)C1. The fraction of sp³-hybridized carbons (Fsp3) is 0.522. The fourth-order valence-electron chi connectivity index (χ4n) is 5.07. The number of fused-ring (bicyclic) bond motifs is 2. The normalized spacial score (nSPS) is 26.7. The summed E-state index contributed by atoms with van der Waals surface area (Å²) in [5.74, 6) is 2.45. The van der Waals surface area contributed by atoms with Gasteiger partial charge in [-0.15, -0.1) is 0 Å². The van der Waals surface area contributed by atoms with Crippen molar-refractivity contribution in [1.29, 1.82) is 0 Å². The molecule has 1 aromatic carbocycles. The zero-order chi connectivity index (χ0) is 19.6. The van der Waals surface area contributed by atoms with Crippen LogP contribution in [0.3, 0.4) is 0 Å². The van der Waals surface area contributed by atoms with Crippen LogP contribution >= 0.6 is 32.9 Å². The number of ether oxygens (including phenoxy) is 1. The molecular formula is C23H29NOS3. The van der Waals surface area contributed by atoms with E-state index in [4.69, 9.17) is 17.0 Å². The summed E-state index contributed by atoms with van der Waals surface area (Å²) in [6.07, 6.45) is 8.69. The maximum Gasteiger partial charge on any atom is 0.119 e. The Morgan fingerprint density at radius 3 is 2.79 bits per heavy atom. The molecule has 0 aliphatic heterocycles. The molecule has 2 aliphatic carbocycles. The molecule has 2 aliphatic rings. The van der Waals surface area contributed by atoms with Crippen LogP contribution in [0.15, 0.2) is 41.3 Å². The van der Waals surface area contributed by atoms with Crippen LogP contribution in [-0.2, 0) is 0 Å². The molecule has 0 spiro atoms. The minimum Gasteiger partial charge on any atom is -0.494 e. The van der Waals surface area contributed by atoms with E-state index in [1.165, 1.54) is 31.2 Å². The average Bonchev–Trinajstić information content (AvgIpc) is 3.06. The van der Waals surface area contributed by atoms with Crippen molar-refractivity contribution < 1.29 is 4.74 Å². The van der Waals surface area contributed by atoms with Gasteiger partial charge in [-0.25, -0.2) is 0 Å². The average molecular weight is 432 g/mol. The van der Waals surface area contributed by atoms with Crippen LogP contribution in [0.2, 0.25) is 0 Å². The molecule has 0 saturated heterocycles. The van der Waals surface area contributed by atoms with Crippen molar-refractivity contribution in [2.24, 2.45) is 11.8 Å². The van der Waals surface area contributed by atoms with Crippen molar-refractivity contribution in [3.63, 3.8) is 0 Å². The highest BCUT2D eigenvalue weighted by atomic mass is 32.9. The Labute approximate surface area is 181 Å². The van der Waals surface area contributed by atoms with Crippen molar-refractivity contribution in [2.75, 3.05) is 13.2 Å². The molecule has 1 heterocycles. The smallest absolute Gasteiger partial charge is 0.119 e. The molecule has 3 unspecified atom stereocenters. The van der Waals surface area contributed by atoms with Crippen molar-refractivity contribution in [3.8, 4) is 16.9 Å². The first-order valence-corrected chi connectivity index (χ1v) is 12.9. The van der Waals surface area contributed by atoms with Crippen molar-refractivity contribution in [3.05, 3.63) is 45.1 Å². The zero-order valence-electron chi connectivity index (χ0n) is 16.7. The minimum absolute atomic E-state index is 0.326. The molecule has 1 N–H and O–H groups in total. The highest BCUT2D eigenvalue weighted by molar-refractivity contribution is 7.79. The Morgan fingerprint density at radius 2 is 2.04 bits per heavy atom. The predicted molar refractivity (Wildman–Crippen MR) is 124 cm³/mol. The third-order valence-corrected chi connectivity index (χ3v) is 8.58. The van der Waals surface area contributed by atoms with Gasteiger partial charge in [0, 0.05) is 16.5 Å². The molecule has 1 fully saturated rings. The summed E-state index contributed by atoms with van der Waals surface area (Å²) >= 11 is 5.39. The number of hydrogen-bond acceptors (Lipinski definition) is 5. The van der Waals surface area contributed by atoms with E-state index in [0.717, 1.165) is 40.6 Å². The second kappa shape index (κ2) is 8.78. The lowest BCUT2D eigenvalue weighted by Crippen LogP contribution is -2.52. The van der Waals surface area contributed by atoms with E-state index in [2.05, 4.69) is 54.9 Å². The van der Waals surface area contributed by atoms with Gasteiger partial charge in [0.25, 0.3) is 0 Å². The van der Waals surface area contributed by atoms with Gasteiger partial charge in [-0.2, -0.15) is 0 Å². The van der Waals surface area contributed by atoms with Gasteiger partial charge < -0.3 is 10.1 Å². The summed E-state index contributed by atoms with van der Waals surface area (Å²) in [6.45, 7) is 6.55. The summed E-state index contributed by atoms with van der Waals surface area (Å²) in [4.78, 5) is 0. The largest absolute Gasteiger partial charge is 0.494 e. The van der Waals surface area contributed by atoms with E-state index in [0.29, 0.717) is 11.5 Å². The van der Waals surface area contributed by atoms with E-state index in [1.807, 2.05) is 0 Å². The van der Waals surface area contributed by atoms with Gasteiger partial charge in [0.15, 0.2) is 0 Å². The van der Waals surface area contributed by atoms with Crippen LogP contribution < -0.4 is 10.1 Å². The Hall–Kier alpha value is -1.01. The van der Waals surface area contributed by atoms with Gasteiger partial charge in [0.05, 0.1) is 6.61 Å². The first-order valence-electron chi connectivity index (χ1n) is 10.3. The predicted octanol–water partition coefficient (Wildman–Crippen LogP) is 7.09. The van der Waals surface area contributed by atoms with E-state index in [1.54, 1.807) is 26.3 Å². The topological polar surface area (TPSA) is 21.3 Å². The van der Waals surface area contributed by atoms with E-state index in [9.17, 15) is 0 Å². The molecule has 2 aromatic rings. The van der Waals surface area contributed by atoms with Crippen molar-refractivity contribution in [1.82, 2.24) is 5.32 Å². The second-order valence-electron chi connectivity index (χ2n) is 8.63.